The highest BCUT2D eigenvalue weighted by molar-refractivity contribution is 5.92. The van der Waals surface area contributed by atoms with Crippen molar-refractivity contribution >= 4 is 17.5 Å². The van der Waals surface area contributed by atoms with Gasteiger partial charge in [-0.25, -0.2) is 8.78 Å². The van der Waals surface area contributed by atoms with Gasteiger partial charge in [0.25, 0.3) is 5.92 Å². The van der Waals surface area contributed by atoms with Crippen molar-refractivity contribution < 1.29 is 23.1 Å². The highest BCUT2D eigenvalue weighted by Crippen LogP contribution is 2.49. The molecular formula is C17H21F2N3O3. The number of methoxy groups -OCH3 is 1. The number of hydrogen-bond acceptors (Lipinski definition) is 4. The number of alkyl halides is 2. The summed E-state index contributed by atoms with van der Waals surface area (Å²) >= 11 is 0. The van der Waals surface area contributed by atoms with Crippen molar-refractivity contribution in [3.05, 3.63) is 24.3 Å². The summed E-state index contributed by atoms with van der Waals surface area (Å²) in [6.45, 7) is 1.93. The van der Waals surface area contributed by atoms with Crippen LogP contribution < -0.4 is 10.1 Å². The predicted molar refractivity (Wildman–Crippen MR) is 87.7 cm³/mol. The number of piperazine rings is 1. The lowest BCUT2D eigenvalue weighted by molar-refractivity contribution is -0.136. The summed E-state index contributed by atoms with van der Waals surface area (Å²) in [5.41, 5.74) is 0.647. The molecule has 25 heavy (non-hydrogen) atoms. The molecule has 6 nitrogen and oxygen atoms in total. The Labute approximate surface area is 144 Å². The first-order valence-electron chi connectivity index (χ1n) is 8.22. The summed E-state index contributed by atoms with van der Waals surface area (Å²) in [6.07, 6.45) is -0.338. The fourth-order valence-corrected chi connectivity index (χ4v) is 2.93. The van der Waals surface area contributed by atoms with Crippen LogP contribution in [0.4, 0.5) is 14.5 Å². The van der Waals surface area contributed by atoms with E-state index in [1.807, 2.05) is 4.90 Å². The number of anilines is 1. The maximum atomic E-state index is 13.0. The molecule has 2 amide bonds. The van der Waals surface area contributed by atoms with Crippen LogP contribution in [0, 0.1) is 5.92 Å². The lowest BCUT2D eigenvalue weighted by Crippen LogP contribution is -2.51. The SMILES string of the molecule is COc1cccc(NC(=O)CN2CCN(C(=O)C3CC3(F)F)CC2)c1. The Morgan fingerprint density at radius 2 is 1.96 bits per heavy atom. The van der Waals surface area contributed by atoms with E-state index in [4.69, 9.17) is 4.74 Å². The van der Waals surface area contributed by atoms with E-state index in [0.29, 0.717) is 37.6 Å². The molecule has 1 unspecified atom stereocenters. The van der Waals surface area contributed by atoms with Crippen LogP contribution >= 0.6 is 0 Å². The molecular weight excluding hydrogens is 332 g/mol. The molecule has 3 rings (SSSR count). The summed E-state index contributed by atoms with van der Waals surface area (Å²) < 4.78 is 31.1. The second kappa shape index (κ2) is 6.95. The number of carbonyl (C=O) groups excluding carboxylic acids is 2. The van der Waals surface area contributed by atoms with Crippen LogP contribution in [0.2, 0.25) is 0 Å². The molecule has 0 bridgehead atoms. The summed E-state index contributed by atoms with van der Waals surface area (Å²) in [7, 11) is 1.55. The molecule has 2 fully saturated rings. The van der Waals surface area contributed by atoms with Crippen molar-refractivity contribution in [2.75, 3.05) is 45.2 Å². The number of halogens is 2. The normalized spacial score (nSPS) is 22.4. The molecule has 1 saturated carbocycles. The second-order valence-electron chi connectivity index (χ2n) is 6.40. The Morgan fingerprint density at radius 3 is 2.56 bits per heavy atom. The Balaban J connectivity index is 1.44. The fraction of sp³-hybridized carbons (Fsp3) is 0.529. The Hall–Kier alpha value is -2.22. The van der Waals surface area contributed by atoms with E-state index in [1.165, 1.54) is 4.90 Å². The zero-order chi connectivity index (χ0) is 18.0. The molecule has 0 aromatic heterocycles. The van der Waals surface area contributed by atoms with Crippen molar-refractivity contribution in [1.82, 2.24) is 9.80 Å². The first-order chi connectivity index (χ1) is 11.9. The van der Waals surface area contributed by atoms with E-state index < -0.39 is 17.7 Å². The van der Waals surface area contributed by atoms with Crippen molar-refractivity contribution in [2.45, 2.75) is 12.3 Å². The van der Waals surface area contributed by atoms with E-state index in [-0.39, 0.29) is 18.9 Å². The predicted octanol–water partition coefficient (Wildman–Crippen LogP) is 1.43. The summed E-state index contributed by atoms with van der Waals surface area (Å²) in [5.74, 6) is -3.95. The Morgan fingerprint density at radius 1 is 1.28 bits per heavy atom. The van der Waals surface area contributed by atoms with Crippen LogP contribution in [-0.2, 0) is 9.59 Å². The average molecular weight is 353 g/mol. The number of nitrogens with zero attached hydrogens (tertiary/aromatic N) is 2. The Bertz CT molecular complexity index is 660. The van der Waals surface area contributed by atoms with E-state index in [1.54, 1.807) is 31.4 Å². The van der Waals surface area contributed by atoms with Gasteiger partial charge in [0.2, 0.25) is 11.8 Å². The largest absolute Gasteiger partial charge is 0.497 e. The summed E-state index contributed by atoms with van der Waals surface area (Å²) in [4.78, 5) is 27.4. The van der Waals surface area contributed by atoms with Crippen LogP contribution in [0.1, 0.15) is 6.42 Å². The maximum Gasteiger partial charge on any atom is 0.260 e. The molecule has 0 spiro atoms. The number of nitrogens with one attached hydrogen (secondary N) is 1. The third-order valence-electron chi connectivity index (χ3n) is 4.53. The van der Waals surface area contributed by atoms with Gasteiger partial charge in [0, 0.05) is 44.4 Å². The van der Waals surface area contributed by atoms with Gasteiger partial charge in [-0.3, -0.25) is 14.5 Å². The minimum absolute atomic E-state index is 0.165. The molecule has 1 aliphatic carbocycles. The molecule has 2 aliphatic rings. The van der Waals surface area contributed by atoms with Gasteiger partial charge in [-0.2, -0.15) is 0 Å². The first kappa shape index (κ1) is 17.6. The zero-order valence-electron chi connectivity index (χ0n) is 14.0. The summed E-state index contributed by atoms with van der Waals surface area (Å²) in [5, 5.41) is 2.80. The molecule has 1 heterocycles. The van der Waals surface area contributed by atoms with Crippen molar-refractivity contribution in [3.8, 4) is 5.75 Å². The average Bonchev–Trinajstić information content (AvgIpc) is 3.23. The quantitative estimate of drug-likeness (QED) is 0.870. The number of ether oxygens (including phenoxy) is 1. The van der Waals surface area contributed by atoms with Gasteiger partial charge in [0.15, 0.2) is 0 Å². The fourth-order valence-electron chi connectivity index (χ4n) is 2.93. The smallest absolute Gasteiger partial charge is 0.260 e. The van der Waals surface area contributed by atoms with Gasteiger partial charge >= 0.3 is 0 Å². The molecule has 8 heteroatoms. The van der Waals surface area contributed by atoms with E-state index in [9.17, 15) is 18.4 Å². The first-order valence-corrected chi connectivity index (χ1v) is 8.22. The van der Waals surface area contributed by atoms with Gasteiger partial charge in [-0.1, -0.05) is 6.07 Å². The lowest BCUT2D eigenvalue weighted by Gasteiger charge is -2.34. The molecule has 1 aliphatic heterocycles. The Kier molecular flexibility index (Phi) is 4.89. The standard InChI is InChI=1S/C17H21F2N3O3/c1-25-13-4-2-3-12(9-13)20-15(23)11-21-5-7-22(8-6-21)16(24)14-10-17(14,18)19/h2-4,9,14H,5-8,10-11H2,1H3,(H,20,23). The number of rotatable bonds is 5. The minimum Gasteiger partial charge on any atom is -0.497 e. The number of amides is 2. The van der Waals surface area contributed by atoms with Crippen LogP contribution in [0.3, 0.4) is 0 Å². The van der Waals surface area contributed by atoms with Crippen molar-refractivity contribution in [3.63, 3.8) is 0 Å². The van der Waals surface area contributed by atoms with Crippen molar-refractivity contribution in [2.24, 2.45) is 5.92 Å². The minimum atomic E-state index is -2.83. The van der Waals surface area contributed by atoms with Crippen LogP contribution in [0.15, 0.2) is 24.3 Å². The highest BCUT2D eigenvalue weighted by Gasteiger charge is 2.62. The molecule has 1 aromatic rings. The van der Waals surface area contributed by atoms with Gasteiger partial charge < -0.3 is 15.0 Å². The second-order valence-corrected chi connectivity index (χ2v) is 6.40. The van der Waals surface area contributed by atoms with E-state index in [0.717, 1.165) is 0 Å². The van der Waals surface area contributed by atoms with Crippen LogP contribution in [0.5, 0.6) is 5.75 Å². The van der Waals surface area contributed by atoms with E-state index in [2.05, 4.69) is 5.32 Å². The molecule has 136 valence electrons. The zero-order valence-corrected chi connectivity index (χ0v) is 14.0. The molecule has 1 aromatic carbocycles. The topological polar surface area (TPSA) is 61.9 Å². The molecule has 1 saturated heterocycles. The lowest BCUT2D eigenvalue weighted by atomic mass is 10.2. The number of hydrogen-bond donors (Lipinski definition) is 1. The number of benzene rings is 1. The van der Waals surface area contributed by atoms with Gasteiger partial charge in [0.1, 0.15) is 11.7 Å². The molecule has 1 N–H and O–H groups in total. The number of carbonyl (C=O) groups is 2. The van der Waals surface area contributed by atoms with Crippen molar-refractivity contribution in [1.29, 1.82) is 0 Å². The van der Waals surface area contributed by atoms with Gasteiger partial charge in [-0.05, 0) is 12.1 Å². The van der Waals surface area contributed by atoms with Gasteiger partial charge in [-0.15, -0.1) is 0 Å². The maximum absolute atomic E-state index is 13.0. The molecule has 0 radical (unpaired) electrons. The van der Waals surface area contributed by atoms with Crippen LogP contribution in [0.25, 0.3) is 0 Å². The van der Waals surface area contributed by atoms with Crippen LogP contribution in [-0.4, -0.2) is 67.4 Å². The third-order valence-corrected chi connectivity index (χ3v) is 4.53. The van der Waals surface area contributed by atoms with Gasteiger partial charge in [0.05, 0.1) is 13.7 Å². The third kappa shape index (κ3) is 4.25. The highest BCUT2D eigenvalue weighted by atomic mass is 19.3. The van der Waals surface area contributed by atoms with E-state index >= 15 is 0 Å². The summed E-state index contributed by atoms with van der Waals surface area (Å²) in [6, 6.07) is 7.07. The monoisotopic (exact) mass is 353 g/mol. The molecule has 1 atom stereocenters.